The zero-order valence-electron chi connectivity index (χ0n) is 11.5. The lowest BCUT2D eigenvalue weighted by Crippen LogP contribution is -2.23. The standard InChI is InChI=1S/C17H18N2O/c1-2-18-16(11-13-7-5-6-10-19-13)15-12-20-17-9-4-3-8-14(15)17/h3-10,12,16,18H,2,11H2,1H3. The van der Waals surface area contributed by atoms with Gasteiger partial charge in [-0.3, -0.25) is 4.98 Å². The molecular formula is C17H18N2O. The first kappa shape index (κ1) is 12.9. The number of hydrogen-bond donors (Lipinski definition) is 1. The molecule has 102 valence electrons. The lowest BCUT2D eigenvalue weighted by molar-refractivity contribution is 0.531. The van der Waals surface area contributed by atoms with Gasteiger partial charge in [0.05, 0.1) is 6.26 Å². The average Bonchev–Trinajstić information content (AvgIpc) is 2.92. The van der Waals surface area contributed by atoms with Gasteiger partial charge in [-0.25, -0.2) is 0 Å². The third-order valence-corrected chi connectivity index (χ3v) is 3.48. The van der Waals surface area contributed by atoms with Crippen molar-refractivity contribution in [3.8, 4) is 0 Å². The highest BCUT2D eigenvalue weighted by atomic mass is 16.3. The van der Waals surface area contributed by atoms with Crippen LogP contribution in [0.15, 0.2) is 59.3 Å². The van der Waals surface area contributed by atoms with E-state index >= 15 is 0 Å². The van der Waals surface area contributed by atoms with E-state index in [4.69, 9.17) is 4.42 Å². The van der Waals surface area contributed by atoms with Crippen molar-refractivity contribution in [2.45, 2.75) is 19.4 Å². The van der Waals surface area contributed by atoms with Crippen LogP contribution >= 0.6 is 0 Å². The number of nitrogens with zero attached hydrogens (tertiary/aromatic N) is 1. The summed E-state index contributed by atoms with van der Waals surface area (Å²) in [6.07, 6.45) is 4.56. The Balaban J connectivity index is 1.94. The summed E-state index contributed by atoms with van der Waals surface area (Å²) in [6.45, 7) is 3.03. The fourth-order valence-electron chi connectivity index (χ4n) is 2.53. The molecule has 0 spiro atoms. The molecule has 1 atom stereocenters. The van der Waals surface area contributed by atoms with Gasteiger partial charge >= 0.3 is 0 Å². The first-order chi connectivity index (χ1) is 9.88. The fourth-order valence-corrected chi connectivity index (χ4v) is 2.53. The summed E-state index contributed by atoms with van der Waals surface area (Å²) >= 11 is 0. The summed E-state index contributed by atoms with van der Waals surface area (Å²) in [5, 5.41) is 4.70. The van der Waals surface area contributed by atoms with Crippen LogP contribution in [-0.4, -0.2) is 11.5 Å². The average molecular weight is 266 g/mol. The summed E-state index contributed by atoms with van der Waals surface area (Å²) in [4.78, 5) is 4.42. The summed E-state index contributed by atoms with van der Waals surface area (Å²) in [5.74, 6) is 0. The van der Waals surface area contributed by atoms with Crippen molar-refractivity contribution >= 4 is 11.0 Å². The molecule has 0 fully saturated rings. The van der Waals surface area contributed by atoms with Crippen LogP contribution in [0.1, 0.15) is 24.2 Å². The molecule has 0 aliphatic carbocycles. The Morgan fingerprint density at radius 3 is 2.80 bits per heavy atom. The van der Waals surface area contributed by atoms with Crippen molar-refractivity contribution in [2.75, 3.05) is 6.54 Å². The summed E-state index contributed by atoms with van der Waals surface area (Å²) in [7, 11) is 0. The van der Waals surface area contributed by atoms with Crippen molar-refractivity contribution in [1.82, 2.24) is 10.3 Å². The topological polar surface area (TPSA) is 38.1 Å². The molecule has 3 heteroatoms. The molecule has 3 rings (SSSR count). The van der Waals surface area contributed by atoms with Crippen molar-refractivity contribution in [1.29, 1.82) is 0 Å². The van der Waals surface area contributed by atoms with E-state index in [0.29, 0.717) is 0 Å². The third-order valence-electron chi connectivity index (χ3n) is 3.48. The van der Waals surface area contributed by atoms with E-state index < -0.39 is 0 Å². The van der Waals surface area contributed by atoms with Crippen LogP contribution in [0, 0.1) is 0 Å². The lowest BCUT2D eigenvalue weighted by atomic mass is 10.0. The maximum Gasteiger partial charge on any atom is 0.134 e. The van der Waals surface area contributed by atoms with E-state index in [-0.39, 0.29) is 6.04 Å². The van der Waals surface area contributed by atoms with Gasteiger partial charge in [-0.1, -0.05) is 31.2 Å². The summed E-state index contributed by atoms with van der Waals surface area (Å²) in [5.41, 5.74) is 3.23. The van der Waals surface area contributed by atoms with Gasteiger partial charge in [0.1, 0.15) is 5.58 Å². The highest BCUT2D eigenvalue weighted by Crippen LogP contribution is 2.28. The van der Waals surface area contributed by atoms with Crippen LogP contribution in [0.4, 0.5) is 0 Å². The second-order valence-electron chi connectivity index (χ2n) is 4.82. The van der Waals surface area contributed by atoms with Crippen LogP contribution in [0.5, 0.6) is 0 Å². The molecule has 2 heterocycles. The van der Waals surface area contributed by atoms with Gasteiger partial charge in [0.25, 0.3) is 0 Å². The molecule has 0 amide bonds. The molecule has 3 aromatic rings. The number of rotatable bonds is 5. The van der Waals surface area contributed by atoms with Gasteiger partial charge in [0, 0.05) is 35.3 Å². The molecule has 1 N–H and O–H groups in total. The molecule has 20 heavy (non-hydrogen) atoms. The number of furan rings is 1. The van der Waals surface area contributed by atoms with Crippen molar-refractivity contribution in [2.24, 2.45) is 0 Å². The second kappa shape index (κ2) is 5.88. The van der Waals surface area contributed by atoms with Crippen molar-refractivity contribution in [3.63, 3.8) is 0 Å². The summed E-state index contributed by atoms with van der Waals surface area (Å²) < 4.78 is 5.65. The highest BCUT2D eigenvalue weighted by Gasteiger charge is 2.17. The highest BCUT2D eigenvalue weighted by molar-refractivity contribution is 5.81. The molecule has 0 aliphatic rings. The molecular weight excluding hydrogens is 248 g/mol. The lowest BCUT2D eigenvalue weighted by Gasteiger charge is -2.16. The summed E-state index contributed by atoms with van der Waals surface area (Å²) in [6, 6.07) is 14.4. The molecule has 0 saturated carbocycles. The molecule has 0 saturated heterocycles. The number of aromatic nitrogens is 1. The Hall–Kier alpha value is -2.13. The first-order valence-corrected chi connectivity index (χ1v) is 6.98. The van der Waals surface area contributed by atoms with E-state index in [1.807, 2.05) is 42.8 Å². The maximum atomic E-state index is 5.65. The minimum absolute atomic E-state index is 0.221. The zero-order chi connectivity index (χ0) is 13.8. The molecule has 1 unspecified atom stereocenters. The first-order valence-electron chi connectivity index (χ1n) is 6.98. The molecule has 0 radical (unpaired) electrons. The number of fused-ring (bicyclic) bond motifs is 1. The van der Waals surface area contributed by atoms with E-state index in [2.05, 4.69) is 29.4 Å². The van der Waals surface area contributed by atoms with E-state index in [9.17, 15) is 0 Å². The van der Waals surface area contributed by atoms with Crippen LogP contribution in [0.3, 0.4) is 0 Å². The zero-order valence-corrected chi connectivity index (χ0v) is 11.5. The molecule has 1 aromatic carbocycles. The number of pyridine rings is 1. The minimum Gasteiger partial charge on any atom is -0.464 e. The van der Waals surface area contributed by atoms with E-state index in [1.165, 1.54) is 10.9 Å². The van der Waals surface area contributed by atoms with Crippen molar-refractivity contribution in [3.05, 3.63) is 66.2 Å². The minimum atomic E-state index is 0.221. The molecule has 0 aliphatic heterocycles. The Kier molecular flexibility index (Phi) is 3.79. The number of likely N-dealkylation sites (N-methyl/N-ethyl adjacent to an activating group) is 1. The predicted octanol–water partition coefficient (Wildman–Crippen LogP) is 3.72. The Morgan fingerprint density at radius 1 is 1.15 bits per heavy atom. The van der Waals surface area contributed by atoms with Crippen LogP contribution in [0.25, 0.3) is 11.0 Å². The van der Waals surface area contributed by atoms with Gasteiger partial charge in [0.15, 0.2) is 0 Å². The molecule has 3 nitrogen and oxygen atoms in total. The van der Waals surface area contributed by atoms with Crippen LogP contribution in [-0.2, 0) is 6.42 Å². The van der Waals surface area contributed by atoms with Crippen LogP contribution < -0.4 is 5.32 Å². The largest absolute Gasteiger partial charge is 0.464 e. The quantitative estimate of drug-likeness (QED) is 0.764. The second-order valence-corrected chi connectivity index (χ2v) is 4.82. The van der Waals surface area contributed by atoms with Gasteiger partial charge in [-0.2, -0.15) is 0 Å². The van der Waals surface area contributed by atoms with Gasteiger partial charge in [0.2, 0.25) is 0 Å². The predicted molar refractivity (Wildman–Crippen MR) is 80.6 cm³/mol. The SMILES string of the molecule is CCNC(Cc1ccccn1)c1coc2ccccc12. The fraction of sp³-hybridized carbons (Fsp3) is 0.235. The van der Waals surface area contributed by atoms with Crippen molar-refractivity contribution < 1.29 is 4.42 Å². The third kappa shape index (κ3) is 2.58. The van der Waals surface area contributed by atoms with E-state index in [1.54, 1.807) is 0 Å². The van der Waals surface area contributed by atoms with Gasteiger partial charge in [-0.05, 0) is 24.7 Å². The number of para-hydroxylation sites is 1. The Bertz CT molecular complexity index is 676. The van der Waals surface area contributed by atoms with E-state index in [0.717, 1.165) is 24.2 Å². The van der Waals surface area contributed by atoms with Crippen LogP contribution in [0.2, 0.25) is 0 Å². The number of nitrogens with one attached hydrogen (secondary N) is 1. The maximum absolute atomic E-state index is 5.65. The Labute approximate surface area is 118 Å². The number of benzene rings is 1. The smallest absolute Gasteiger partial charge is 0.134 e. The van der Waals surface area contributed by atoms with Gasteiger partial charge in [-0.15, -0.1) is 0 Å². The molecule has 0 bridgehead atoms. The monoisotopic (exact) mass is 266 g/mol. The molecule has 2 aromatic heterocycles. The Morgan fingerprint density at radius 2 is 2.00 bits per heavy atom. The normalized spacial score (nSPS) is 12.7. The van der Waals surface area contributed by atoms with Gasteiger partial charge < -0.3 is 9.73 Å². The number of hydrogen-bond acceptors (Lipinski definition) is 3.